The normalized spacial score (nSPS) is 51.2. The van der Waals surface area contributed by atoms with E-state index in [2.05, 4.69) is 5.32 Å². The topological polar surface area (TPSA) is 332 Å². The second-order valence-electron chi connectivity index (χ2n) is 11.9. The van der Waals surface area contributed by atoms with Gasteiger partial charge in [-0.15, -0.1) is 0 Å². The minimum Gasteiger partial charge on any atom is -0.396 e. The van der Waals surface area contributed by atoms with Gasteiger partial charge in [-0.2, -0.15) is 0 Å². The van der Waals surface area contributed by atoms with Gasteiger partial charge < -0.3 is 95.8 Å². The van der Waals surface area contributed by atoms with E-state index in [1.165, 1.54) is 6.08 Å². The average molecular weight is 660 g/mol. The molecule has 0 aromatic rings. The summed E-state index contributed by atoms with van der Waals surface area (Å²) in [5.74, 6) is -0.926. The van der Waals surface area contributed by atoms with Crippen LogP contribution in [0.15, 0.2) is 11.6 Å². The van der Waals surface area contributed by atoms with Gasteiger partial charge in [0.25, 0.3) is 0 Å². The lowest BCUT2D eigenvalue weighted by atomic mass is 9.78. The van der Waals surface area contributed by atoms with Crippen LogP contribution in [-0.4, -0.2) is 208 Å². The Morgan fingerprint density at radius 3 is 1.60 bits per heavy atom. The molecule has 2 saturated heterocycles. The van der Waals surface area contributed by atoms with E-state index in [9.17, 15) is 71.5 Å². The summed E-state index contributed by atoms with van der Waals surface area (Å²) in [5, 5.41) is 146. The van der Waals surface area contributed by atoms with Crippen molar-refractivity contribution in [3.8, 4) is 0 Å². The molecule has 0 radical (unpaired) electrons. The van der Waals surface area contributed by atoms with E-state index in [0.29, 0.717) is 0 Å². The Balaban J connectivity index is 1.48. The monoisotopic (exact) mass is 659 g/mol. The standard InChI is InChI=1S/C26H45NO18/c28-3-7-1-9(13(32)15(34)21(7)44-23-11(5-30)42-25(40)19(38)17(23)36)27-10-2-8(4-29)22(16(35)14(10)33)45-24-12(6-31)43-26(41)20(39)18(24)37/h1,8-41H,2-6H2/t8-,9+,10?,11?,12?,13+,14+,15-,16-,17?,18?,19+,20+,21?,22-,23-,24-,25-,26+/m1/s1. The lowest BCUT2D eigenvalue weighted by Gasteiger charge is -2.48. The largest absolute Gasteiger partial charge is 0.396 e. The molecule has 2 heterocycles. The number of aliphatic hydroxyl groups excluding tert-OH is 14. The number of ether oxygens (including phenoxy) is 4. The second kappa shape index (κ2) is 15.5. The molecule has 2 aliphatic heterocycles. The van der Waals surface area contributed by atoms with E-state index >= 15 is 0 Å². The van der Waals surface area contributed by atoms with Crippen LogP contribution in [0.25, 0.3) is 0 Å². The first kappa shape index (κ1) is 36.8. The van der Waals surface area contributed by atoms with Gasteiger partial charge in [0.15, 0.2) is 12.6 Å². The summed E-state index contributed by atoms with van der Waals surface area (Å²) >= 11 is 0. The summed E-state index contributed by atoms with van der Waals surface area (Å²) in [6, 6.07) is -2.24. The molecule has 19 nitrogen and oxygen atoms in total. The van der Waals surface area contributed by atoms with Crippen molar-refractivity contribution in [2.45, 2.75) is 117 Å². The molecule has 262 valence electrons. The van der Waals surface area contributed by atoms with Gasteiger partial charge in [0.05, 0.1) is 38.1 Å². The van der Waals surface area contributed by atoms with E-state index in [4.69, 9.17) is 18.9 Å². The average Bonchev–Trinajstić information content (AvgIpc) is 3.03. The Kier molecular flexibility index (Phi) is 12.7. The van der Waals surface area contributed by atoms with E-state index in [1.54, 1.807) is 0 Å². The van der Waals surface area contributed by atoms with Gasteiger partial charge in [-0.25, -0.2) is 0 Å². The van der Waals surface area contributed by atoms with Crippen molar-refractivity contribution in [3.63, 3.8) is 0 Å². The summed E-state index contributed by atoms with van der Waals surface area (Å²) in [6.07, 6.45) is -25.0. The Bertz CT molecular complexity index is 972. The van der Waals surface area contributed by atoms with Gasteiger partial charge in [-0.1, -0.05) is 6.08 Å². The van der Waals surface area contributed by atoms with Gasteiger partial charge in [0.2, 0.25) is 0 Å². The third-order valence-electron chi connectivity index (χ3n) is 9.03. The molecule has 19 heteroatoms. The van der Waals surface area contributed by atoms with Crippen molar-refractivity contribution in [2.24, 2.45) is 5.92 Å². The van der Waals surface area contributed by atoms with Crippen LogP contribution in [0.5, 0.6) is 0 Å². The van der Waals surface area contributed by atoms with Crippen LogP contribution < -0.4 is 5.32 Å². The van der Waals surface area contributed by atoms with Crippen LogP contribution in [0.1, 0.15) is 6.42 Å². The Morgan fingerprint density at radius 1 is 0.600 bits per heavy atom. The third-order valence-corrected chi connectivity index (χ3v) is 9.03. The summed E-state index contributed by atoms with van der Waals surface area (Å²) in [5.41, 5.74) is -0.0114. The highest BCUT2D eigenvalue weighted by Crippen LogP contribution is 2.34. The van der Waals surface area contributed by atoms with Gasteiger partial charge in [-0.3, -0.25) is 0 Å². The predicted molar refractivity (Wildman–Crippen MR) is 142 cm³/mol. The van der Waals surface area contributed by atoms with Crippen molar-refractivity contribution in [2.75, 3.05) is 26.4 Å². The molecule has 0 spiro atoms. The summed E-state index contributed by atoms with van der Waals surface area (Å²) in [7, 11) is 0. The maximum atomic E-state index is 11.0. The van der Waals surface area contributed by atoms with Crippen molar-refractivity contribution >= 4 is 0 Å². The number of nitrogens with one attached hydrogen (secondary N) is 1. The highest BCUT2D eigenvalue weighted by Gasteiger charge is 2.52. The van der Waals surface area contributed by atoms with Crippen molar-refractivity contribution in [1.29, 1.82) is 0 Å². The smallest absolute Gasteiger partial charge is 0.184 e. The maximum Gasteiger partial charge on any atom is 0.184 e. The van der Waals surface area contributed by atoms with Crippen molar-refractivity contribution in [3.05, 3.63) is 11.6 Å². The van der Waals surface area contributed by atoms with E-state index in [-0.39, 0.29) is 12.0 Å². The molecule has 19 atom stereocenters. The fourth-order valence-corrected chi connectivity index (χ4v) is 6.41. The Morgan fingerprint density at radius 2 is 1.11 bits per heavy atom. The third kappa shape index (κ3) is 7.37. The number of hydrogen-bond donors (Lipinski definition) is 15. The molecule has 4 aliphatic rings. The quantitative estimate of drug-likeness (QED) is 0.0968. The lowest BCUT2D eigenvalue weighted by molar-refractivity contribution is -0.311. The number of aliphatic hydroxyl groups is 14. The molecule has 0 aromatic heterocycles. The van der Waals surface area contributed by atoms with Crippen LogP contribution >= 0.6 is 0 Å². The number of hydrogen-bond acceptors (Lipinski definition) is 19. The molecule has 6 unspecified atom stereocenters. The van der Waals surface area contributed by atoms with Gasteiger partial charge in [-0.05, 0) is 12.0 Å². The lowest BCUT2D eigenvalue weighted by Crippen LogP contribution is -2.66. The number of rotatable bonds is 10. The van der Waals surface area contributed by atoms with Crippen LogP contribution in [0.3, 0.4) is 0 Å². The molecular formula is C26H45NO18. The van der Waals surface area contributed by atoms with Gasteiger partial charge in [0.1, 0.15) is 73.2 Å². The summed E-state index contributed by atoms with van der Waals surface area (Å²) in [6.45, 7) is -2.83. The zero-order valence-corrected chi connectivity index (χ0v) is 24.0. The molecule has 15 N–H and O–H groups in total. The van der Waals surface area contributed by atoms with E-state index < -0.39 is 142 Å². The highest BCUT2D eigenvalue weighted by molar-refractivity contribution is 5.23. The predicted octanol–water partition coefficient (Wildman–Crippen LogP) is -8.93. The fraction of sp³-hybridized carbons (Fsp3) is 0.923. The van der Waals surface area contributed by atoms with Crippen molar-refractivity contribution in [1.82, 2.24) is 5.32 Å². The molecule has 0 bridgehead atoms. The maximum absolute atomic E-state index is 11.0. The molecule has 3 fully saturated rings. The van der Waals surface area contributed by atoms with Crippen molar-refractivity contribution < 1.29 is 90.4 Å². The zero-order valence-electron chi connectivity index (χ0n) is 24.0. The minimum atomic E-state index is -1.83. The SMILES string of the molecule is OCC1=C[C@H](NC2C[C@H](CO)[C@@H](O[C@@H]3C(CO)O[C@H](O)[C@@H](O)C3O)[C@H](O)[C@H]2O)[C@H](O)[C@@H](O)C1O[C@@H]1C(CO)O[C@@H](O)[C@@H](O)C1O. The van der Waals surface area contributed by atoms with Crippen LogP contribution in [0.2, 0.25) is 0 Å². The first-order valence-corrected chi connectivity index (χ1v) is 14.6. The van der Waals surface area contributed by atoms with Crippen LogP contribution in [0.4, 0.5) is 0 Å². The molecule has 4 rings (SSSR count). The summed E-state index contributed by atoms with van der Waals surface area (Å²) < 4.78 is 21.6. The zero-order chi connectivity index (χ0) is 33.3. The summed E-state index contributed by atoms with van der Waals surface area (Å²) in [4.78, 5) is 0. The molecule has 2 aliphatic carbocycles. The first-order chi connectivity index (χ1) is 21.3. The molecule has 1 saturated carbocycles. The first-order valence-electron chi connectivity index (χ1n) is 14.6. The fourth-order valence-electron chi connectivity index (χ4n) is 6.41. The molecule has 0 aromatic carbocycles. The second-order valence-corrected chi connectivity index (χ2v) is 11.9. The van der Waals surface area contributed by atoms with E-state index in [1.807, 2.05) is 0 Å². The Hall–Kier alpha value is -1.02. The molecule has 45 heavy (non-hydrogen) atoms. The Labute approximate surface area is 256 Å². The highest BCUT2D eigenvalue weighted by atomic mass is 16.7. The van der Waals surface area contributed by atoms with E-state index in [0.717, 1.165) is 0 Å². The van der Waals surface area contributed by atoms with Gasteiger partial charge in [0, 0.05) is 18.6 Å². The van der Waals surface area contributed by atoms with Crippen LogP contribution in [-0.2, 0) is 18.9 Å². The molecule has 0 amide bonds. The minimum absolute atomic E-state index is 0.0114. The van der Waals surface area contributed by atoms with Gasteiger partial charge >= 0.3 is 0 Å². The van der Waals surface area contributed by atoms with Crippen LogP contribution in [0, 0.1) is 5.92 Å². The molecular weight excluding hydrogens is 614 g/mol.